The average molecular weight is 449 g/mol. The molecule has 0 aliphatic carbocycles. The van der Waals surface area contributed by atoms with Crippen LogP contribution in [0.3, 0.4) is 0 Å². The summed E-state index contributed by atoms with van der Waals surface area (Å²) in [7, 11) is 0. The lowest BCUT2D eigenvalue weighted by atomic mass is 10.0. The molecule has 4 nitrogen and oxygen atoms in total. The van der Waals surface area contributed by atoms with Gasteiger partial charge in [0.05, 0.1) is 16.8 Å². The fraction of sp³-hybridized carbons (Fsp3) is 0.0833. The third-order valence-electron chi connectivity index (χ3n) is 5.40. The molecule has 0 unspecified atom stereocenters. The van der Waals surface area contributed by atoms with E-state index >= 15 is 0 Å². The van der Waals surface area contributed by atoms with E-state index in [1.807, 2.05) is 71.4 Å². The summed E-state index contributed by atoms with van der Waals surface area (Å²) in [6.45, 7) is 0. The van der Waals surface area contributed by atoms with Gasteiger partial charge in [-0.2, -0.15) is 0 Å². The lowest BCUT2D eigenvalue weighted by Gasteiger charge is -2.29. The molecule has 31 heavy (non-hydrogen) atoms. The van der Waals surface area contributed by atoms with E-state index in [9.17, 15) is 4.39 Å². The highest BCUT2D eigenvalue weighted by Gasteiger charge is 2.42. The Morgan fingerprint density at radius 2 is 1.74 bits per heavy atom. The van der Waals surface area contributed by atoms with Crippen LogP contribution in [0, 0.1) is 5.82 Å². The van der Waals surface area contributed by atoms with Gasteiger partial charge in [-0.25, -0.2) is 4.39 Å². The zero-order chi connectivity index (χ0) is 21.4. The number of aromatic nitrogens is 2. The third-order valence-corrected chi connectivity index (χ3v) is 6.00. The van der Waals surface area contributed by atoms with Crippen LogP contribution >= 0.6 is 23.8 Å². The number of nitrogens with zero attached hydrogens (tertiary/aromatic N) is 3. The number of rotatable bonds is 4. The molecule has 0 radical (unpaired) electrons. The van der Waals surface area contributed by atoms with Gasteiger partial charge in [-0.05, 0) is 66.8 Å². The standard InChI is InChI=1S/C24H18ClFN4S/c25-18-15-17(11-12-19(18)26)29-14-6-10-21(29)23-22(20-9-4-5-13-27-20)28-24(31)30(23)16-7-2-1-3-8-16/h1-15,22-23H,(H,28,31)/t22-,23+/m1/s1. The fourth-order valence-corrected chi connectivity index (χ4v) is 4.55. The molecule has 1 aliphatic rings. The van der Waals surface area contributed by atoms with E-state index in [1.54, 1.807) is 18.3 Å². The molecule has 5 rings (SSSR count). The number of pyridine rings is 1. The first kappa shape index (κ1) is 19.7. The Kier molecular flexibility index (Phi) is 5.18. The molecule has 2 atom stereocenters. The van der Waals surface area contributed by atoms with Crippen molar-refractivity contribution in [1.82, 2.24) is 14.9 Å². The van der Waals surface area contributed by atoms with Gasteiger partial charge in [0.2, 0.25) is 0 Å². The summed E-state index contributed by atoms with van der Waals surface area (Å²) < 4.78 is 15.8. The number of anilines is 1. The van der Waals surface area contributed by atoms with Crippen LogP contribution in [0.2, 0.25) is 5.02 Å². The molecule has 1 N–H and O–H groups in total. The number of halogens is 2. The van der Waals surface area contributed by atoms with Crippen LogP contribution in [-0.2, 0) is 0 Å². The second kappa shape index (κ2) is 8.13. The number of benzene rings is 2. The van der Waals surface area contributed by atoms with Crippen LogP contribution < -0.4 is 10.2 Å². The van der Waals surface area contributed by atoms with Gasteiger partial charge in [-0.3, -0.25) is 4.98 Å². The van der Waals surface area contributed by atoms with Crippen molar-refractivity contribution >= 4 is 34.6 Å². The maximum atomic E-state index is 13.8. The van der Waals surface area contributed by atoms with E-state index in [1.165, 1.54) is 6.07 Å². The summed E-state index contributed by atoms with van der Waals surface area (Å²) in [5.74, 6) is -0.444. The van der Waals surface area contributed by atoms with Crippen molar-refractivity contribution in [3.05, 3.63) is 113 Å². The van der Waals surface area contributed by atoms with E-state index in [0.717, 1.165) is 22.8 Å². The second-order valence-corrected chi connectivity index (χ2v) is 8.03. The molecule has 154 valence electrons. The summed E-state index contributed by atoms with van der Waals surface area (Å²) in [5, 5.41) is 4.16. The lowest BCUT2D eigenvalue weighted by Crippen LogP contribution is -2.30. The molecule has 2 aromatic heterocycles. The first-order chi connectivity index (χ1) is 15.1. The quantitative estimate of drug-likeness (QED) is 0.397. The van der Waals surface area contributed by atoms with Crippen molar-refractivity contribution in [1.29, 1.82) is 0 Å². The molecule has 4 aromatic rings. The van der Waals surface area contributed by atoms with Crippen molar-refractivity contribution in [2.24, 2.45) is 0 Å². The molecule has 3 heterocycles. The summed E-state index contributed by atoms with van der Waals surface area (Å²) in [6, 6.07) is 24.3. The van der Waals surface area contributed by atoms with Gasteiger partial charge in [0.15, 0.2) is 5.11 Å². The summed E-state index contributed by atoms with van der Waals surface area (Å²) >= 11 is 11.8. The number of para-hydroxylation sites is 1. The van der Waals surface area contributed by atoms with Gasteiger partial charge < -0.3 is 14.8 Å². The second-order valence-electron chi connectivity index (χ2n) is 7.23. The Labute approximate surface area is 189 Å². The van der Waals surface area contributed by atoms with Crippen molar-refractivity contribution in [2.45, 2.75) is 12.1 Å². The minimum absolute atomic E-state index is 0.0819. The molecule has 1 saturated heterocycles. The monoisotopic (exact) mass is 448 g/mol. The first-order valence-corrected chi connectivity index (χ1v) is 10.6. The smallest absolute Gasteiger partial charge is 0.174 e. The highest BCUT2D eigenvalue weighted by Crippen LogP contribution is 2.42. The van der Waals surface area contributed by atoms with E-state index in [0.29, 0.717) is 5.11 Å². The third kappa shape index (κ3) is 3.58. The van der Waals surface area contributed by atoms with Crippen molar-refractivity contribution in [3.63, 3.8) is 0 Å². The van der Waals surface area contributed by atoms with Crippen LogP contribution in [0.5, 0.6) is 0 Å². The highest BCUT2D eigenvalue weighted by atomic mass is 35.5. The van der Waals surface area contributed by atoms with Crippen molar-refractivity contribution in [2.75, 3.05) is 4.90 Å². The van der Waals surface area contributed by atoms with E-state index in [-0.39, 0.29) is 17.1 Å². The Bertz CT molecular complexity index is 1230. The Morgan fingerprint density at radius 1 is 0.935 bits per heavy atom. The molecular weight excluding hydrogens is 431 g/mol. The lowest BCUT2D eigenvalue weighted by molar-refractivity contribution is 0.549. The molecule has 2 aromatic carbocycles. The Balaban J connectivity index is 1.67. The van der Waals surface area contributed by atoms with Crippen LogP contribution in [0.25, 0.3) is 5.69 Å². The molecule has 0 saturated carbocycles. The predicted octanol–water partition coefficient (Wildman–Crippen LogP) is 5.84. The van der Waals surface area contributed by atoms with Crippen molar-refractivity contribution in [3.8, 4) is 5.69 Å². The molecule has 1 fully saturated rings. The Hall–Kier alpha value is -3.22. The first-order valence-electron chi connectivity index (χ1n) is 9.82. The topological polar surface area (TPSA) is 33.1 Å². The van der Waals surface area contributed by atoms with E-state index < -0.39 is 5.82 Å². The summed E-state index contributed by atoms with van der Waals surface area (Å²) in [4.78, 5) is 6.69. The van der Waals surface area contributed by atoms with Gasteiger partial charge in [0, 0.05) is 29.5 Å². The summed E-state index contributed by atoms with van der Waals surface area (Å²) in [6.07, 6.45) is 3.72. The molecule has 0 amide bonds. The van der Waals surface area contributed by atoms with E-state index in [4.69, 9.17) is 23.8 Å². The minimum atomic E-state index is -0.444. The number of nitrogens with one attached hydrogen (secondary N) is 1. The average Bonchev–Trinajstić information content (AvgIpc) is 3.41. The highest BCUT2D eigenvalue weighted by molar-refractivity contribution is 7.80. The summed E-state index contributed by atoms with van der Waals surface area (Å²) in [5.41, 5.74) is 3.62. The zero-order valence-electron chi connectivity index (χ0n) is 16.3. The number of thiocarbonyl (C=S) groups is 1. The Morgan fingerprint density at radius 3 is 2.48 bits per heavy atom. The normalized spacial score (nSPS) is 18.3. The number of hydrogen-bond acceptors (Lipinski definition) is 2. The molecule has 0 spiro atoms. The van der Waals surface area contributed by atoms with Crippen LogP contribution in [0.15, 0.2) is 91.3 Å². The number of hydrogen-bond donors (Lipinski definition) is 1. The molecular formula is C24H18ClFN4S. The van der Waals surface area contributed by atoms with Crippen LogP contribution in [0.4, 0.5) is 10.1 Å². The molecule has 0 bridgehead atoms. The minimum Gasteiger partial charge on any atom is -0.351 e. The maximum Gasteiger partial charge on any atom is 0.174 e. The predicted molar refractivity (Wildman–Crippen MR) is 125 cm³/mol. The zero-order valence-corrected chi connectivity index (χ0v) is 17.9. The fourth-order valence-electron chi connectivity index (χ4n) is 4.03. The van der Waals surface area contributed by atoms with Gasteiger partial charge in [-0.15, -0.1) is 0 Å². The van der Waals surface area contributed by atoms with Gasteiger partial charge in [-0.1, -0.05) is 35.9 Å². The van der Waals surface area contributed by atoms with Gasteiger partial charge in [0.1, 0.15) is 11.9 Å². The SMILES string of the molecule is Fc1ccc(-n2cccc2[C@H]2[C@@H](c3ccccn3)NC(=S)N2c2ccccc2)cc1Cl. The van der Waals surface area contributed by atoms with Crippen LogP contribution in [0.1, 0.15) is 23.5 Å². The van der Waals surface area contributed by atoms with Gasteiger partial charge >= 0.3 is 0 Å². The van der Waals surface area contributed by atoms with Crippen LogP contribution in [-0.4, -0.2) is 14.7 Å². The van der Waals surface area contributed by atoms with E-state index in [2.05, 4.69) is 15.2 Å². The largest absolute Gasteiger partial charge is 0.351 e. The molecule has 7 heteroatoms. The molecule has 1 aliphatic heterocycles. The van der Waals surface area contributed by atoms with Gasteiger partial charge in [0.25, 0.3) is 0 Å². The van der Waals surface area contributed by atoms with Crippen molar-refractivity contribution < 1.29 is 4.39 Å². The maximum absolute atomic E-state index is 13.8.